The molecule has 0 fully saturated rings. The minimum Gasteiger partial charge on any atom is -0.478 e. The predicted molar refractivity (Wildman–Crippen MR) is 136 cm³/mol. The van der Waals surface area contributed by atoms with Crippen molar-refractivity contribution < 1.29 is 29.3 Å². The van der Waals surface area contributed by atoms with E-state index >= 15 is 0 Å². The van der Waals surface area contributed by atoms with E-state index < -0.39 is 23.1 Å². The Morgan fingerprint density at radius 1 is 0.622 bits per heavy atom. The average Bonchev–Trinajstić information content (AvgIpc) is 3.42. The summed E-state index contributed by atoms with van der Waals surface area (Å²) in [5.41, 5.74) is 3.48. The number of hydrogen-bond donors (Lipinski definition) is 2. The van der Waals surface area contributed by atoms with E-state index in [1.807, 2.05) is 30.3 Å². The Morgan fingerprint density at radius 3 is 1.65 bits per heavy atom. The van der Waals surface area contributed by atoms with Crippen LogP contribution in [-0.4, -0.2) is 27.9 Å². The molecule has 6 heteroatoms. The second-order valence-corrected chi connectivity index (χ2v) is 9.46. The highest BCUT2D eigenvalue weighted by molar-refractivity contribution is 5.91. The number of fused-ring (bicyclic) bond motifs is 4. The fourth-order valence-electron chi connectivity index (χ4n) is 6.07. The molecule has 1 spiro atoms. The Hall–Kier alpha value is -4.58. The third kappa shape index (κ3) is 3.40. The summed E-state index contributed by atoms with van der Waals surface area (Å²) in [4.78, 5) is 24.3. The fourth-order valence-corrected chi connectivity index (χ4v) is 6.07. The summed E-state index contributed by atoms with van der Waals surface area (Å²) in [6.07, 6.45) is 1.74. The largest absolute Gasteiger partial charge is 0.478 e. The van der Waals surface area contributed by atoms with Gasteiger partial charge >= 0.3 is 11.9 Å². The molecule has 0 radical (unpaired) electrons. The number of carboxylic acids is 2. The Bertz CT molecular complexity index is 1470. The fraction of sp³-hybridized carbons (Fsp3) is 0.161. The van der Waals surface area contributed by atoms with Crippen molar-refractivity contribution in [3.63, 3.8) is 0 Å². The number of carbonyl (C=O) groups is 2. The maximum absolute atomic E-state index is 12.1. The molecule has 6 rings (SSSR count). The monoisotopic (exact) mass is 492 g/mol. The zero-order chi connectivity index (χ0) is 25.6. The van der Waals surface area contributed by atoms with Crippen molar-refractivity contribution >= 4 is 11.9 Å². The molecule has 1 unspecified atom stereocenters. The molecule has 0 saturated heterocycles. The second-order valence-electron chi connectivity index (χ2n) is 9.46. The SMILES string of the molecule is O=C(O)c1ccccc1OC1(Oc2ccccc2C(=O)O)Cc2ccccc2C12CCc1ccccc12. The Balaban J connectivity index is 1.64. The molecule has 0 heterocycles. The maximum Gasteiger partial charge on any atom is 0.339 e. The van der Waals surface area contributed by atoms with Crippen LogP contribution in [0.1, 0.15) is 49.4 Å². The third-order valence-corrected chi connectivity index (χ3v) is 7.58. The molecule has 4 aromatic carbocycles. The van der Waals surface area contributed by atoms with Gasteiger partial charge in [0.1, 0.15) is 22.6 Å². The number of rotatable bonds is 6. The quantitative estimate of drug-likeness (QED) is 0.334. The van der Waals surface area contributed by atoms with Crippen LogP contribution in [0.5, 0.6) is 11.5 Å². The van der Waals surface area contributed by atoms with Crippen LogP contribution in [0, 0.1) is 0 Å². The normalized spacial score (nSPS) is 18.7. The van der Waals surface area contributed by atoms with E-state index in [-0.39, 0.29) is 22.6 Å². The first-order valence-electron chi connectivity index (χ1n) is 12.1. The van der Waals surface area contributed by atoms with Gasteiger partial charge in [0.25, 0.3) is 5.79 Å². The van der Waals surface area contributed by atoms with Crippen molar-refractivity contribution in [1.29, 1.82) is 0 Å². The van der Waals surface area contributed by atoms with Crippen molar-refractivity contribution in [2.24, 2.45) is 0 Å². The van der Waals surface area contributed by atoms with Crippen LogP contribution >= 0.6 is 0 Å². The average molecular weight is 493 g/mol. The standard InChI is InChI=1S/C31H24O6/c32-28(33)22-11-3-7-15-26(22)36-31(37-27-16-8-4-12-23(27)29(34)35)19-21-10-2-6-14-25(21)30(31)18-17-20-9-1-5-13-24(20)30/h1-16H,17-19H2,(H,32,33)(H,34,35). The van der Waals surface area contributed by atoms with Gasteiger partial charge in [0.2, 0.25) is 0 Å². The van der Waals surface area contributed by atoms with Crippen molar-refractivity contribution in [2.45, 2.75) is 30.5 Å². The number of hydrogen-bond acceptors (Lipinski definition) is 4. The van der Waals surface area contributed by atoms with Crippen LogP contribution in [0.3, 0.4) is 0 Å². The zero-order valence-electron chi connectivity index (χ0n) is 19.9. The summed E-state index contributed by atoms with van der Waals surface area (Å²) in [6.45, 7) is 0. The molecular formula is C31H24O6. The van der Waals surface area contributed by atoms with Crippen LogP contribution in [0.4, 0.5) is 0 Å². The van der Waals surface area contributed by atoms with Crippen LogP contribution in [-0.2, 0) is 18.3 Å². The molecule has 2 aliphatic carbocycles. The third-order valence-electron chi connectivity index (χ3n) is 7.58. The Labute approximate surface area is 213 Å². The number of ether oxygens (including phenoxy) is 2. The van der Waals surface area contributed by atoms with E-state index in [4.69, 9.17) is 9.47 Å². The number of para-hydroxylation sites is 2. The highest BCUT2D eigenvalue weighted by Gasteiger charge is 2.65. The summed E-state index contributed by atoms with van der Waals surface area (Å²) >= 11 is 0. The van der Waals surface area contributed by atoms with E-state index in [2.05, 4.69) is 18.2 Å². The summed E-state index contributed by atoms with van der Waals surface area (Å²) in [5.74, 6) is -3.35. The molecule has 2 aliphatic rings. The predicted octanol–water partition coefficient (Wildman–Crippen LogP) is 5.73. The van der Waals surface area contributed by atoms with Crippen LogP contribution in [0.15, 0.2) is 97.1 Å². The molecule has 6 nitrogen and oxygen atoms in total. The molecule has 37 heavy (non-hydrogen) atoms. The summed E-state index contributed by atoms with van der Waals surface area (Å²) < 4.78 is 13.6. The number of aryl methyl sites for hydroxylation is 1. The van der Waals surface area contributed by atoms with Gasteiger partial charge in [0.05, 0.1) is 11.8 Å². The van der Waals surface area contributed by atoms with Crippen molar-refractivity contribution in [1.82, 2.24) is 0 Å². The van der Waals surface area contributed by atoms with Crippen LogP contribution < -0.4 is 9.47 Å². The van der Waals surface area contributed by atoms with Crippen molar-refractivity contribution in [2.75, 3.05) is 0 Å². The van der Waals surface area contributed by atoms with Gasteiger partial charge in [0, 0.05) is 0 Å². The highest BCUT2D eigenvalue weighted by Crippen LogP contribution is 2.59. The van der Waals surface area contributed by atoms with Gasteiger partial charge in [-0.05, 0) is 59.4 Å². The maximum atomic E-state index is 12.1. The molecule has 0 saturated carbocycles. The van der Waals surface area contributed by atoms with E-state index in [9.17, 15) is 19.8 Å². The molecule has 0 aliphatic heterocycles. The summed E-state index contributed by atoms with van der Waals surface area (Å²) in [6, 6.07) is 29.1. The lowest BCUT2D eigenvalue weighted by Gasteiger charge is -2.44. The van der Waals surface area contributed by atoms with E-state index in [0.717, 1.165) is 28.7 Å². The minimum atomic E-state index is -1.44. The molecule has 0 amide bonds. The molecule has 184 valence electrons. The van der Waals surface area contributed by atoms with Gasteiger partial charge in [-0.3, -0.25) is 0 Å². The summed E-state index contributed by atoms with van der Waals surface area (Å²) in [7, 11) is 0. The first kappa shape index (κ1) is 22.9. The first-order chi connectivity index (χ1) is 17.9. The first-order valence-corrected chi connectivity index (χ1v) is 12.1. The lowest BCUT2D eigenvalue weighted by Crippen LogP contribution is -2.57. The van der Waals surface area contributed by atoms with Crippen LogP contribution in [0.2, 0.25) is 0 Å². The lowest BCUT2D eigenvalue weighted by molar-refractivity contribution is -0.150. The topological polar surface area (TPSA) is 93.1 Å². The van der Waals surface area contributed by atoms with E-state index in [0.29, 0.717) is 12.8 Å². The van der Waals surface area contributed by atoms with Gasteiger partial charge in [0.15, 0.2) is 0 Å². The van der Waals surface area contributed by atoms with E-state index in [1.165, 1.54) is 12.1 Å². The Morgan fingerprint density at radius 2 is 1.08 bits per heavy atom. The van der Waals surface area contributed by atoms with Crippen molar-refractivity contribution in [3.8, 4) is 11.5 Å². The van der Waals surface area contributed by atoms with Gasteiger partial charge in [-0.1, -0.05) is 72.8 Å². The second kappa shape index (κ2) is 8.52. The molecular weight excluding hydrogens is 468 g/mol. The summed E-state index contributed by atoms with van der Waals surface area (Å²) in [5, 5.41) is 19.8. The van der Waals surface area contributed by atoms with Crippen LogP contribution in [0.25, 0.3) is 0 Å². The van der Waals surface area contributed by atoms with Gasteiger partial charge in [-0.15, -0.1) is 0 Å². The molecule has 0 aromatic heterocycles. The van der Waals surface area contributed by atoms with Gasteiger partial charge in [-0.25, -0.2) is 9.59 Å². The number of benzene rings is 4. The van der Waals surface area contributed by atoms with Gasteiger partial charge in [-0.2, -0.15) is 0 Å². The molecule has 1 atom stereocenters. The highest BCUT2D eigenvalue weighted by atomic mass is 16.7. The molecule has 4 aromatic rings. The minimum absolute atomic E-state index is 0.00869. The number of aromatic carboxylic acids is 2. The Kier molecular flexibility index (Phi) is 5.26. The lowest BCUT2D eigenvalue weighted by atomic mass is 9.72. The van der Waals surface area contributed by atoms with Crippen molar-refractivity contribution in [3.05, 3.63) is 130 Å². The van der Waals surface area contributed by atoms with E-state index in [1.54, 1.807) is 36.4 Å². The molecule has 0 bridgehead atoms. The smallest absolute Gasteiger partial charge is 0.339 e. The van der Waals surface area contributed by atoms with Gasteiger partial charge < -0.3 is 19.7 Å². The zero-order valence-corrected chi connectivity index (χ0v) is 19.9. The number of carboxylic acid groups (broad SMARTS) is 2. The molecule has 2 N–H and O–H groups in total.